The van der Waals surface area contributed by atoms with Crippen LogP contribution < -0.4 is 25.6 Å². The predicted molar refractivity (Wildman–Crippen MR) is 169 cm³/mol. The van der Waals surface area contributed by atoms with Gasteiger partial charge in [-0.05, 0) is 81.5 Å². The van der Waals surface area contributed by atoms with Crippen LogP contribution in [0.25, 0.3) is 0 Å². The summed E-state index contributed by atoms with van der Waals surface area (Å²) in [7, 11) is -4.46. The van der Waals surface area contributed by atoms with Gasteiger partial charge in [0.05, 0.1) is 21.2 Å². The van der Waals surface area contributed by atoms with Crippen LogP contribution in [0.5, 0.6) is 0 Å². The molecule has 0 fully saturated rings. The minimum absolute atomic E-state index is 0.118. The maximum absolute atomic E-state index is 13.8. The Morgan fingerprint density at radius 2 is 1.14 bits per heavy atom. The third kappa shape index (κ3) is 8.19. The van der Waals surface area contributed by atoms with E-state index in [4.69, 9.17) is 0 Å². The smallest absolute Gasteiger partial charge is 0.240 e. The lowest BCUT2D eigenvalue weighted by Crippen LogP contribution is -2.18. The first-order chi connectivity index (χ1) is 20.9. The van der Waals surface area contributed by atoms with Crippen molar-refractivity contribution >= 4 is 54.7 Å². The highest BCUT2D eigenvalue weighted by Crippen LogP contribution is 2.20. The second-order valence-corrected chi connectivity index (χ2v) is 13.0. The number of halogens is 1. The molecule has 0 aliphatic heterocycles. The first-order valence-corrected chi connectivity index (χ1v) is 16.0. The third-order valence-electron chi connectivity index (χ3n) is 6.19. The molecule has 0 atom stereocenters. The van der Waals surface area contributed by atoms with Crippen molar-refractivity contribution in [3.05, 3.63) is 95.8 Å². The van der Waals surface area contributed by atoms with Crippen molar-refractivity contribution in [2.75, 3.05) is 30.3 Å². The van der Waals surface area contributed by atoms with E-state index in [9.17, 15) is 21.2 Å². The quantitative estimate of drug-likeness (QED) is 0.114. The SMILES string of the molecule is CNS(=O)(=O)c1ccc(/C(C)=N\Nc2cc(N/N=C(/C)c3ccc(S(=O)(=O)NC)cc3)nc(Nc3cccc(F)c3)n2)cc1. The van der Waals surface area contributed by atoms with Crippen molar-refractivity contribution in [3.63, 3.8) is 0 Å². The number of hydrogen-bond donors (Lipinski definition) is 5. The molecule has 44 heavy (non-hydrogen) atoms. The van der Waals surface area contributed by atoms with Crippen molar-refractivity contribution in [1.29, 1.82) is 0 Å². The molecule has 0 saturated carbocycles. The molecule has 5 N–H and O–H groups in total. The Balaban J connectivity index is 1.59. The van der Waals surface area contributed by atoms with Crippen molar-refractivity contribution in [2.24, 2.45) is 10.2 Å². The van der Waals surface area contributed by atoms with Gasteiger partial charge in [0.15, 0.2) is 11.6 Å². The molecule has 4 aromatic rings. The first kappa shape index (κ1) is 32.2. The molecule has 0 amide bonds. The van der Waals surface area contributed by atoms with E-state index in [0.29, 0.717) is 28.2 Å². The lowest BCUT2D eigenvalue weighted by Gasteiger charge is -2.11. The number of benzene rings is 3. The molecule has 16 heteroatoms. The van der Waals surface area contributed by atoms with Gasteiger partial charge in [-0.3, -0.25) is 10.9 Å². The average molecular weight is 640 g/mol. The highest BCUT2D eigenvalue weighted by Gasteiger charge is 2.13. The molecule has 0 spiro atoms. The lowest BCUT2D eigenvalue weighted by molar-refractivity contribution is 0.586. The molecule has 0 radical (unpaired) electrons. The molecule has 13 nitrogen and oxygen atoms in total. The Hall–Kier alpha value is -4.77. The van der Waals surface area contributed by atoms with Gasteiger partial charge in [0.25, 0.3) is 0 Å². The van der Waals surface area contributed by atoms with Crippen molar-refractivity contribution in [3.8, 4) is 0 Å². The molecule has 0 aliphatic rings. The van der Waals surface area contributed by atoms with Crippen molar-refractivity contribution in [2.45, 2.75) is 23.6 Å². The molecule has 0 bridgehead atoms. The molecule has 4 rings (SSSR count). The van der Waals surface area contributed by atoms with Crippen LogP contribution >= 0.6 is 0 Å². The van der Waals surface area contributed by atoms with Crippen LogP contribution in [0.15, 0.2) is 98.9 Å². The number of anilines is 4. The third-order valence-corrected chi connectivity index (χ3v) is 9.05. The van der Waals surface area contributed by atoms with Gasteiger partial charge in [-0.15, -0.1) is 0 Å². The zero-order chi connectivity index (χ0) is 31.9. The maximum atomic E-state index is 13.8. The fraction of sp³-hybridized carbons (Fsp3) is 0.143. The van der Waals surface area contributed by atoms with E-state index < -0.39 is 25.9 Å². The Morgan fingerprint density at radius 3 is 1.55 bits per heavy atom. The van der Waals surface area contributed by atoms with E-state index >= 15 is 0 Å². The highest BCUT2D eigenvalue weighted by molar-refractivity contribution is 7.89. The molecule has 1 aromatic heterocycles. The van der Waals surface area contributed by atoms with Gasteiger partial charge in [-0.1, -0.05) is 30.3 Å². The lowest BCUT2D eigenvalue weighted by atomic mass is 10.1. The highest BCUT2D eigenvalue weighted by atomic mass is 32.2. The molecule has 0 unspecified atom stereocenters. The minimum atomic E-state index is -3.57. The van der Waals surface area contributed by atoms with E-state index in [1.807, 2.05) is 0 Å². The zero-order valence-electron chi connectivity index (χ0n) is 24.1. The topological polar surface area (TPSA) is 179 Å². The Labute approximate surface area is 254 Å². The molecule has 0 aliphatic carbocycles. The van der Waals surface area contributed by atoms with Gasteiger partial charge in [-0.2, -0.15) is 20.2 Å². The zero-order valence-corrected chi connectivity index (χ0v) is 25.8. The molecule has 230 valence electrons. The fourth-order valence-electron chi connectivity index (χ4n) is 3.71. The number of nitrogens with one attached hydrogen (secondary N) is 5. The number of sulfonamides is 2. The summed E-state index contributed by atoms with van der Waals surface area (Å²) in [4.78, 5) is 9.06. The van der Waals surface area contributed by atoms with E-state index in [-0.39, 0.29) is 27.4 Å². The summed E-state index contributed by atoms with van der Waals surface area (Å²) in [5.74, 6) is 0.214. The summed E-state index contributed by atoms with van der Waals surface area (Å²) in [6, 6.07) is 19.8. The normalized spacial score (nSPS) is 12.6. The largest absolute Gasteiger partial charge is 0.324 e. The monoisotopic (exact) mass is 639 g/mol. The average Bonchev–Trinajstić information content (AvgIpc) is 3.02. The van der Waals surface area contributed by atoms with Crippen LogP contribution in [0.2, 0.25) is 0 Å². The number of hydrazone groups is 2. The fourth-order valence-corrected chi connectivity index (χ4v) is 5.17. The molecular formula is C28H30FN9O4S2. The molecular weight excluding hydrogens is 609 g/mol. The first-order valence-electron chi connectivity index (χ1n) is 13.0. The summed E-state index contributed by atoms with van der Waals surface area (Å²) >= 11 is 0. The Bertz CT molecular complexity index is 1800. The summed E-state index contributed by atoms with van der Waals surface area (Å²) in [6.45, 7) is 3.48. The van der Waals surface area contributed by atoms with Crippen LogP contribution in [0.3, 0.4) is 0 Å². The summed E-state index contributed by atoms with van der Waals surface area (Å²) in [5, 5.41) is 11.7. The number of rotatable bonds is 12. The van der Waals surface area contributed by atoms with Crippen molar-refractivity contribution in [1.82, 2.24) is 19.4 Å². The number of nitrogens with zero attached hydrogens (tertiary/aromatic N) is 4. The number of hydrogen-bond acceptors (Lipinski definition) is 11. The molecule has 1 heterocycles. The van der Waals surface area contributed by atoms with Crippen LogP contribution in [0, 0.1) is 5.82 Å². The van der Waals surface area contributed by atoms with Gasteiger partial charge in [0.2, 0.25) is 26.0 Å². The minimum Gasteiger partial charge on any atom is -0.324 e. The second-order valence-electron chi connectivity index (χ2n) is 9.18. The summed E-state index contributed by atoms with van der Waals surface area (Å²) in [5.41, 5.74) is 8.58. The van der Waals surface area contributed by atoms with Crippen molar-refractivity contribution < 1.29 is 21.2 Å². The molecule has 0 saturated heterocycles. The second kappa shape index (κ2) is 13.7. The van der Waals surface area contributed by atoms with E-state index in [1.165, 1.54) is 50.5 Å². The Kier molecular flexibility index (Phi) is 10.00. The van der Waals surface area contributed by atoms with Crippen LogP contribution in [-0.4, -0.2) is 52.3 Å². The van der Waals surface area contributed by atoms with E-state index in [1.54, 1.807) is 56.3 Å². The van der Waals surface area contributed by atoms with Gasteiger partial charge in [0.1, 0.15) is 5.82 Å². The molecule has 3 aromatic carbocycles. The predicted octanol–water partition coefficient (Wildman–Crippen LogP) is 3.85. The summed E-state index contributed by atoms with van der Waals surface area (Å²) < 4.78 is 66.4. The van der Waals surface area contributed by atoms with Gasteiger partial charge >= 0.3 is 0 Å². The summed E-state index contributed by atoms with van der Waals surface area (Å²) in [6.07, 6.45) is 0. The maximum Gasteiger partial charge on any atom is 0.240 e. The van der Waals surface area contributed by atoms with Gasteiger partial charge in [0, 0.05) is 11.8 Å². The standard InChI is InChI=1S/C28H30FN9O4S2/c1-18(20-8-12-24(13-9-20)43(39,40)30-3)35-37-26-17-27(34-28(33-26)32-23-7-5-6-22(29)16-23)38-36-19(2)21-10-14-25(15-11-21)44(41,42)31-4/h5-17,30-31H,1-4H3,(H3,32,33,34,37,38)/b35-18-,36-19-. The number of aromatic nitrogens is 2. The van der Waals surface area contributed by atoms with E-state index in [0.717, 1.165) is 0 Å². The van der Waals surface area contributed by atoms with E-state index in [2.05, 4.69) is 45.8 Å². The van der Waals surface area contributed by atoms with Gasteiger partial charge < -0.3 is 5.32 Å². The van der Waals surface area contributed by atoms with Crippen LogP contribution in [0.4, 0.5) is 27.7 Å². The van der Waals surface area contributed by atoms with Crippen LogP contribution in [-0.2, 0) is 20.0 Å². The van der Waals surface area contributed by atoms with Crippen LogP contribution in [0.1, 0.15) is 25.0 Å². The Morgan fingerprint density at radius 1 is 0.682 bits per heavy atom. The van der Waals surface area contributed by atoms with Gasteiger partial charge in [-0.25, -0.2) is 30.7 Å².